The fraction of sp³-hybridized carbons (Fsp3) is 1.00. The summed E-state index contributed by atoms with van der Waals surface area (Å²) in [5, 5.41) is 3.60. The molecule has 1 rings (SSSR count). The van der Waals surface area contributed by atoms with Gasteiger partial charge >= 0.3 is 0 Å². The van der Waals surface area contributed by atoms with Gasteiger partial charge < -0.3 is 5.32 Å². The van der Waals surface area contributed by atoms with E-state index in [1.165, 1.54) is 31.6 Å². The lowest BCUT2D eigenvalue weighted by molar-refractivity contribution is 0.330. The minimum absolute atomic E-state index is 0.492. The third kappa shape index (κ3) is 4.36. The third-order valence-corrected chi connectivity index (χ3v) is 3.04. The third-order valence-electron chi connectivity index (χ3n) is 2.43. The van der Waals surface area contributed by atoms with Gasteiger partial charge in [0.25, 0.3) is 0 Å². The van der Waals surface area contributed by atoms with E-state index in [9.17, 15) is 0 Å². The molecule has 0 radical (unpaired) electrons. The zero-order valence-corrected chi connectivity index (χ0v) is 9.34. The van der Waals surface area contributed by atoms with Crippen molar-refractivity contribution in [3.63, 3.8) is 0 Å². The minimum Gasteiger partial charge on any atom is -0.313 e. The van der Waals surface area contributed by atoms with E-state index in [1.807, 2.05) is 11.8 Å². The van der Waals surface area contributed by atoms with Gasteiger partial charge in [-0.25, -0.2) is 0 Å². The van der Waals surface area contributed by atoms with Gasteiger partial charge in [0, 0.05) is 12.6 Å². The standard InChI is InChI=1S/C10H21NS/c1-10(2,6-7-12-3)8-11-9-4-5-9/h9,11H,4-8H2,1-3H3. The number of nitrogens with one attached hydrogen (secondary N) is 1. The fourth-order valence-electron chi connectivity index (χ4n) is 1.17. The largest absolute Gasteiger partial charge is 0.313 e. The van der Waals surface area contributed by atoms with E-state index in [1.54, 1.807) is 0 Å². The molecule has 0 saturated heterocycles. The van der Waals surface area contributed by atoms with Crippen LogP contribution in [0.3, 0.4) is 0 Å². The van der Waals surface area contributed by atoms with Crippen molar-refractivity contribution in [2.75, 3.05) is 18.6 Å². The second-order valence-electron chi connectivity index (χ2n) is 4.56. The molecule has 72 valence electrons. The van der Waals surface area contributed by atoms with Crippen molar-refractivity contribution in [3.8, 4) is 0 Å². The molecule has 0 aromatic heterocycles. The van der Waals surface area contributed by atoms with Crippen molar-refractivity contribution < 1.29 is 0 Å². The van der Waals surface area contributed by atoms with Gasteiger partial charge in [0.05, 0.1) is 0 Å². The van der Waals surface area contributed by atoms with Crippen LogP contribution in [0.15, 0.2) is 0 Å². The smallest absolute Gasteiger partial charge is 0.00684 e. The van der Waals surface area contributed by atoms with E-state index >= 15 is 0 Å². The number of rotatable bonds is 6. The molecule has 12 heavy (non-hydrogen) atoms. The van der Waals surface area contributed by atoms with Gasteiger partial charge in [-0.15, -0.1) is 0 Å². The van der Waals surface area contributed by atoms with Crippen LogP contribution in [0.1, 0.15) is 33.1 Å². The average Bonchev–Trinajstić information content (AvgIpc) is 2.81. The predicted octanol–water partition coefficient (Wildman–Crippen LogP) is 2.52. The summed E-state index contributed by atoms with van der Waals surface area (Å²) < 4.78 is 0. The summed E-state index contributed by atoms with van der Waals surface area (Å²) in [7, 11) is 0. The lowest BCUT2D eigenvalue weighted by atomic mass is 9.90. The molecule has 1 saturated carbocycles. The molecule has 1 nitrogen and oxygen atoms in total. The summed E-state index contributed by atoms with van der Waals surface area (Å²) in [6.45, 7) is 5.91. The van der Waals surface area contributed by atoms with Gasteiger partial charge in [-0.3, -0.25) is 0 Å². The first-order chi connectivity index (χ1) is 5.64. The normalized spacial score (nSPS) is 18.2. The molecule has 0 aromatic carbocycles. The van der Waals surface area contributed by atoms with Crippen molar-refractivity contribution in [1.29, 1.82) is 0 Å². The molecular weight excluding hydrogens is 166 g/mol. The van der Waals surface area contributed by atoms with Crippen LogP contribution < -0.4 is 5.32 Å². The maximum absolute atomic E-state index is 3.60. The molecule has 0 atom stereocenters. The SMILES string of the molecule is CSCCC(C)(C)CNC1CC1. The molecule has 0 amide bonds. The first-order valence-electron chi connectivity index (χ1n) is 4.86. The van der Waals surface area contributed by atoms with Crippen LogP contribution in [0.5, 0.6) is 0 Å². The number of hydrogen-bond donors (Lipinski definition) is 1. The summed E-state index contributed by atoms with van der Waals surface area (Å²) in [6, 6.07) is 0.860. The second kappa shape index (κ2) is 4.52. The maximum Gasteiger partial charge on any atom is 0.00684 e. The Hall–Kier alpha value is 0.310. The highest BCUT2D eigenvalue weighted by atomic mass is 32.2. The Morgan fingerprint density at radius 2 is 2.08 bits per heavy atom. The van der Waals surface area contributed by atoms with Crippen LogP contribution in [0, 0.1) is 5.41 Å². The summed E-state index contributed by atoms with van der Waals surface area (Å²) in [4.78, 5) is 0. The Morgan fingerprint density at radius 3 is 2.58 bits per heavy atom. The first-order valence-corrected chi connectivity index (χ1v) is 6.26. The predicted molar refractivity (Wildman–Crippen MR) is 57.8 cm³/mol. The molecule has 0 spiro atoms. The molecule has 0 heterocycles. The molecule has 2 heteroatoms. The van der Waals surface area contributed by atoms with Crippen molar-refractivity contribution in [3.05, 3.63) is 0 Å². The Labute approximate surface area is 80.7 Å². The van der Waals surface area contributed by atoms with Gasteiger partial charge in [0.15, 0.2) is 0 Å². The Balaban J connectivity index is 2.07. The van der Waals surface area contributed by atoms with Gasteiger partial charge in [-0.05, 0) is 36.7 Å². The molecule has 0 aromatic rings. The average molecular weight is 187 g/mol. The lowest BCUT2D eigenvalue weighted by Crippen LogP contribution is -2.31. The molecule has 1 fully saturated rings. The van der Waals surface area contributed by atoms with E-state index in [2.05, 4.69) is 25.4 Å². The maximum atomic E-state index is 3.60. The lowest BCUT2D eigenvalue weighted by Gasteiger charge is -2.24. The van der Waals surface area contributed by atoms with E-state index in [0.29, 0.717) is 5.41 Å². The topological polar surface area (TPSA) is 12.0 Å². The highest BCUT2D eigenvalue weighted by molar-refractivity contribution is 7.98. The molecule has 0 unspecified atom stereocenters. The second-order valence-corrected chi connectivity index (χ2v) is 5.55. The van der Waals surface area contributed by atoms with Crippen LogP contribution in [-0.2, 0) is 0 Å². The van der Waals surface area contributed by atoms with Crippen LogP contribution in [0.2, 0.25) is 0 Å². The van der Waals surface area contributed by atoms with E-state index < -0.39 is 0 Å². The fourth-order valence-corrected chi connectivity index (χ4v) is 1.93. The molecule has 0 aliphatic heterocycles. The molecule has 1 aliphatic carbocycles. The van der Waals surface area contributed by atoms with E-state index in [4.69, 9.17) is 0 Å². The molecule has 1 N–H and O–H groups in total. The molecule has 1 aliphatic rings. The minimum atomic E-state index is 0.492. The monoisotopic (exact) mass is 187 g/mol. The van der Waals surface area contributed by atoms with Crippen LogP contribution in [-0.4, -0.2) is 24.6 Å². The Kier molecular flexibility index (Phi) is 3.91. The number of hydrogen-bond acceptors (Lipinski definition) is 2. The van der Waals surface area contributed by atoms with Crippen molar-refractivity contribution in [2.24, 2.45) is 5.41 Å². The van der Waals surface area contributed by atoms with Crippen LogP contribution >= 0.6 is 11.8 Å². The highest BCUT2D eigenvalue weighted by Gasteiger charge is 2.24. The highest BCUT2D eigenvalue weighted by Crippen LogP contribution is 2.24. The summed E-state index contributed by atoms with van der Waals surface area (Å²) in [6.07, 6.45) is 6.31. The van der Waals surface area contributed by atoms with Crippen molar-refractivity contribution >= 4 is 11.8 Å². The summed E-state index contributed by atoms with van der Waals surface area (Å²) in [5.74, 6) is 1.29. The van der Waals surface area contributed by atoms with Gasteiger partial charge in [-0.1, -0.05) is 13.8 Å². The van der Waals surface area contributed by atoms with Gasteiger partial charge in [-0.2, -0.15) is 11.8 Å². The zero-order valence-electron chi connectivity index (χ0n) is 8.52. The Bertz CT molecular complexity index is 130. The summed E-state index contributed by atoms with van der Waals surface area (Å²) >= 11 is 1.95. The van der Waals surface area contributed by atoms with Gasteiger partial charge in [0.2, 0.25) is 0 Å². The number of thioether (sulfide) groups is 1. The van der Waals surface area contributed by atoms with E-state index in [0.717, 1.165) is 6.04 Å². The summed E-state index contributed by atoms with van der Waals surface area (Å²) in [5.41, 5.74) is 0.492. The Morgan fingerprint density at radius 1 is 1.42 bits per heavy atom. The van der Waals surface area contributed by atoms with Crippen LogP contribution in [0.25, 0.3) is 0 Å². The quantitative estimate of drug-likeness (QED) is 0.686. The van der Waals surface area contributed by atoms with Gasteiger partial charge in [0.1, 0.15) is 0 Å². The molecule has 0 bridgehead atoms. The zero-order chi connectivity index (χ0) is 9.03. The first kappa shape index (κ1) is 10.4. The molecular formula is C10H21NS. The van der Waals surface area contributed by atoms with Crippen molar-refractivity contribution in [2.45, 2.75) is 39.2 Å². The van der Waals surface area contributed by atoms with Crippen molar-refractivity contribution in [1.82, 2.24) is 5.32 Å². The van der Waals surface area contributed by atoms with E-state index in [-0.39, 0.29) is 0 Å². The van der Waals surface area contributed by atoms with Crippen LogP contribution in [0.4, 0.5) is 0 Å².